The lowest BCUT2D eigenvalue weighted by atomic mass is 9.87. The highest BCUT2D eigenvalue weighted by Crippen LogP contribution is 2.36. The van der Waals surface area contributed by atoms with Gasteiger partial charge in [0, 0.05) is 0 Å². The molecule has 0 N–H and O–H groups in total. The lowest BCUT2D eigenvalue weighted by Crippen LogP contribution is -2.12. The Kier molecular flexibility index (Phi) is 9.33. The van der Waals surface area contributed by atoms with E-state index in [1.807, 2.05) is 0 Å². The van der Waals surface area contributed by atoms with Crippen molar-refractivity contribution in [2.45, 2.75) is 78.1 Å². The van der Waals surface area contributed by atoms with E-state index in [9.17, 15) is 0 Å². The Labute approximate surface area is 113 Å². The van der Waals surface area contributed by atoms with Crippen molar-refractivity contribution in [2.24, 2.45) is 11.8 Å². The van der Waals surface area contributed by atoms with Crippen LogP contribution < -0.4 is 0 Å². The molecular weight excluding hydrogens is 224 g/mol. The number of hydrogen-bond acceptors (Lipinski definition) is 1. The van der Waals surface area contributed by atoms with Crippen LogP contribution >= 0.6 is 11.8 Å². The van der Waals surface area contributed by atoms with Crippen molar-refractivity contribution in [3.05, 3.63) is 0 Å². The highest BCUT2D eigenvalue weighted by molar-refractivity contribution is 7.99. The monoisotopic (exact) mass is 256 g/mol. The molecular formula is C16H32S. The molecule has 0 aromatic rings. The van der Waals surface area contributed by atoms with Gasteiger partial charge in [0.05, 0.1) is 0 Å². The molecule has 0 nitrogen and oxygen atoms in total. The highest BCUT2D eigenvalue weighted by Gasteiger charge is 2.26. The summed E-state index contributed by atoms with van der Waals surface area (Å²) in [6.45, 7) is 4.61. The molecule has 1 aliphatic rings. The summed E-state index contributed by atoms with van der Waals surface area (Å²) in [5, 5.41) is 0. The molecule has 17 heavy (non-hydrogen) atoms. The Morgan fingerprint density at radius 3 is 1.59 bits per heavy atom. The molecule has 2 atom stereocenters. The fraction of sp³-hybridized carbons (Fsp3) is 1.00. The minimum atomic E-state index is 1.07. The summed E-state index contributed by atoms with van der Waals surface area (Å²) >= 11 is 2.22. The second-order valence-corrected chi connectivity index (χ2v) is 6.83. The third-order valence-electron chi connectivity index (χ3n) is 4.19. The minimum Gasteiger partial charge on any atom is -0.161 e. The van der Waals surface area contributed by atoms with Gasteiger partial charge in [0.2, 0.25) is 0 Å². The largest absolute Gasteiger partial charge is 0.161 e. The van der Waals surface area contributed by atoms with Gasteiger partial charge in [-0.1, -0.05) is 65.2 Å². The normalized spacial score (nSPS) is 24.4. The first-order valence-corrected chi connectivity index (χ1v) is 9.11. The summed E-state index contributed by atoms with van der Waals surface area (Å²) in [6, 6.07) is 0. The molecule has 0 bridgehead atoms. The van der Waals surface area contributed by atoms with Gasteiger partial charge < -0.3 is 0 Å². The standard InChI is InChI=1S/C16H32S/c1-3-5-7-9-11-15-13-17-14-16(15)12-10-8-6-4-2/h15-16H,3-14H2,1-2H3/t15-,16-/m1/s1. The predicted octanol–water partition coefficient (Wildman–Crippen LogP) is 5.91. The van der Waals surface area contributed by atoms with Gasteiger partial charge in [-0.3, -0.25) is 0 Å². The maximum absolute atomic E-state index is 2.31. The molecule has 0 spiro atoms. The summed E-state index contributed by atoms with van der Waals surface area (Å²) in [7, 11) is 0. The maximum Gasteiger partial charge on any atom is -0.00361 e. The summed E-state index contributed by atoms with van der Waals surface area (Å²) in [5.41, 5.74) is 0. The molecule has 102 valence electrons. The average Bonchev–Trinajstić information content (AvgIpc) is 2.78. The van der Waals surface area contributed by atoms with Crippen LogP contribution in [0.4, 0.5) is 0 Å². The van der Waals surface area contributed by atoms with Crippen molar-refractivity contribution in [1.29, 1.82) is 0 Å². The van der Waals surface area contributed by atoms with E-state index >= 15 is 0 Å². The van der Waals surface area contributed by atoms with E-state index in [-0.39, 0.29) is 0 Å². The van der Waals surface area contributed by atoms with Crippen LogP contribution in [-0.2, 0) is 0 Å². The van der Waals surface area contributed by atoms with Gasteiger partial charge in [0.1, 0.15) is 0 Å². The number of unbranched alkanes of at least 4 members (excludes halogenated alkanes) is 6. The summed E-state index contributed by atoms with van der Waals surface area (Å²) < 4.78 is 0. The first kappa shape index (κ1) is 15.4. The van der Waals surface area contributed by atoms with Crippen molar-refractivity contribution in [3.8, 4) is 0 Å². The SMILES string of the molecule is CCCCCC[C@@H]1CSC[C@H]1CCCCCC. The molecule has 0 amide bonds. The highest BCUT2D eigenvalue weighted by atomic mass is 32.2. The fourth-order valence-corrected chi connectivity index (χ4v) is 4.57. The zero-order chi connectivity index (χ0) is 12.3. The second kappa shape index (κ2) is 10.3. The molecule has 1 heteroatoms. The zero-order valence-corrected chi connectivity index (χ0v) is 12.9. The van der Waals surface area contributed by atoms with Crippen LogP contribution in [0, 0.1) is 11.8 Å². The summed E-state index contributed by atoms with van der Waals surface area (Å²) in [6.07, 6.45) is 14.6. The Hall–Kier alpha value is 0.350. The van der Waals surface area contributed by atoms with Crippen molar-refractivity contribution < 1.29 is 0 Å². The first-order valence-electron chi connectivity index (χ1n) is 7.96. The quantitative estimate of drug-likeness (QED) is 0.438. The maximum atomic E-state index is 2.31. The van der Waals surface area contributed by atoms with Gasteiger partial charge in [0.15, 0.2) is 0 Å². The Morgan fingerprint density at radius 1 is 0.706 bits per heavy atom. The average molecular weight is 256 g/mol. The Balaban J connectivity index is 2.06. The third-order valence-corrected chi connectivity index (χ3v) is 5.52. The van der Waals surface area contributed by atoms with E-state index in [1.54, 1.807) is 0 Å². The summed E-state index contributed by atoms with van der Waals surface area (Å²) in [5.74, 6) is 5.06. The van der Waals surface area contributed by atoms with Gasteiger partial charge in [-0.2, -0.15) is 11.8 Å². The third kappa shape index (κ3) is 6.74. The van der Waals surface area contributed by atoms with E-state index in [1.165, 1.54) is 75.7 Å². The van der Waals surface area contributed by atoms with Gasteiger partial charge in [-0.15, -0.1) is 0 Å². The van der Waals surface area contributed by atoms with Crippen LogP contribution in [0.15, 0.2) is 0 Å². The van der Waals surface area contributed by atoms with Crippen LogP contribution in [0.1, 0.15) is 78.1 Å². The molecule has 1 heterocycles. The Morgan fingerprint density at radius 2 is 1.18 bits per heavy atom. The topological polar surface area (TPSA) is 0 Å². The number of thioether (sulfide) groups is 1. The molecule has 0 aromatic heterocycles. The van der Waals surface area contributed by atoms with Crippen molar-refractivity contribution in [2.75, 3.05) is 11.5 Å². The van der Waals surface area contributed by atoms with Crippen molar-refractivity contribution in [1.82, 2.24) is 0 Å². The zero-order valence-electron chi connectivity index (χ0n) is 12.0. The van der Waals surface area contributed by atoms with Crippen LogP contribution in [0.5, 0.6) is 0 Å². The van der Waals surface area contributed by atoms with Gasteiger partial charge in [-0.05, 0) is 36.2 Å². The van der Waals surface area contributed by atoms with Crippen LogP contribution in [0.3, 0.4) is 0 Å². The second-order valence-electron chi connectivity index (χ2n) is 5.76. The Bertz CT molecular complexity index is 149. The van der Waals surface area contributed by atoms with Crippen LogP contribution in [0.25, 0.3) is 0 Å². The molecule has 0 aromatic carbocycles. The van der Waals surface area contributed by atoms with Gasteiger partial charge >= 0.3 is 0 Å². The molecule has 1 saturated heterocycles. The first-order chi connectivity index (χ1) is 8.38. The van der Waals surface area contributed by atoms with Gasteiger partial charge in [-0.25, -0.2) is 0 Å². The fourth-order valence-electron chi connectivity index (χ4n) is 2.95. The minimum absolute atomic E-state index is 1.07. The van der Waals surface area contributed by atoms with E-state index in [2.05, 4.69) is 25.6 Å². The van der Waals surface area contributed by atoms with Gasteiger partial charge in [0.25, 0.3) is 0 Å². The lowest BCUT2D eigenvalue weighted by molar-refractivity contribution is 0.347. The smallest absolute Gasteiger partial charge is 0.00361 e. The number of rotatable bonds is 10. The molecule has 0 radical (unpaired) electrons. The van der Waals surface area contributed by atoms with E-state index < -0.39 is 0 Å². The molecule has 0 aliphatic carbocycles. The molecule has 0 saturated carbocycles. The lowest BCUT2D eigenvalue weighted by Gasteiger charge is -2.18. The van der Waals surface area contributed by atoms with Crippen LogP contribution in [0.2, 0.25) is 0 Å². The predicted molar refractivity (Wildman–Crippen MR) is 81.8 cm³/mol. The van der Waals surface area contributed by atoms with E-state index in [4.69, 9.17) is 0 Å². The van der Waals surface area contributed by atoms with E-state index in [0.717, 1.165) is 11.8 Å². The number of hydrogen-bond donors (Lipinski definition) is 0. The van der Waals surface area contributed by atoms with E-state index in [0.29, 0.717) is 0 Å². The summed E-state index contributed by atoms with van der Waals surface area (Å²) in [4.78, 5) is 0. The van der Waals surface area contributed by atoms with Crippen LogP contribution in [-0.4, -0.2) is 11.5 Å². The molecule has 1 aliphatic heterocycles. The molecule has 0 unspecified atom stereocenters. The van der Waals surface area contributed by atoms with Crippen molar-refractivity contribution in [3.63, 3.8) is 0 Å². The molecule has 1 rings (SSSR count). The molecule has 1 fully saturated rings. The van der Waals surface area contributed by atoms with Crippen molar-refractivity contribution >= 4 is 11.8 Å².